The van der Waals surface area contributed by atoms with Crippen molar-refractivity contribution in [2.75, 3.05) is 11.9 Å². The van der Waals surface area contributed by atoms with Crippen molar-refractivity contribution in [1.29, 1.82) is 0 Å². The normalized spacial score (nSPS) is 10.7. The molecule has 0 aliphatic heterocycles. The highest BCUT2D eigenvalue weighted by molar-refractivity contribution is 5.92. The lowest BCUT2D eigenvalue weighted by Crippen LogP contribution is -2.15. The van der Waals surface area contributed by atoms with Gasteiger partial charge < -0.3 is 9.72 Å². The van der Waals surface area contributed by atoms with E-state index in [1.165, 1.54) is 36.4 Å². The lowest BCUT2D eigenvalue weighted by Gasteiger charge is -2.13. The van der Waals surface area contributed by atoms with Crippen LogP contribution in [0.5, 0.6) is 0 Å². The lowest BCUT2D eigenvalue weighted by atomic mass is 10.1. The van der Waals surface area contributed by atoms with E-state index in [0.29, 0.717) is 0 Å². The van der Waals surface area contributed by atoms with Gasteiger partial charge in [0.15, 0.2) is 5.43 Å². The highest BCUT2D eigenvalue weighted by Gasteiger charge is 2.16. The molecule has 0 saturated carbocycles. The van der Waals surface area contributed by atoms with Gasteiger partial charge in [0.1, 0.15) is 11.6 Å². The Bertz CT molecular complexity index is 1010. The first-order chi connectivity index (χ1) is 12.0. The van der Waals surface area contributed by atoms with E-state index in [9.17, 15) is 18.4 Å². The van der Waals surface area contributed by atoms with Crippen LogP contribution >= 0.6 is 0 Å². The summed E-state index contributed by atoms with van der Waals surface area (Å²) < 4.78 is 33.0. The third-order valence-electron chi connectivity index (χ3n) is 3.60. The Morgan fingerprint density at radius 1 is 1.16 bits per heavy atom. The number of halogens is 2. The van der Waals surface area contributed by atoms with Crippen LogP contribution in [0.2, 0.25) is 0 Å². The van der Waals surface area contributed by atoms with Gasteiger partial charge in [-0.05, 0) is 31.2 Å². The zero-order valence-electron chi connectivity index (χ0n) is 13.2. The van der Waals surface area contributed by atoms with Gasteiger partial charge in [0.2, 0.25) is 0 Å². The predicted octanol–water partition coefficient (Wildman–Crippen LogP) is 4.04. The maximum absolute atomic E-state index is 14.4. The molecule has 7 heteroatoms. The minimum atomic E-state index is -0.747. The molecule has 2 aromatic carbocycles. The predicted molar refractivity (Wildman–Crippen MR) is 90.6 cm³/mol. The van der Waals surface area contributed by atoms with E-state index in [-0.39, 0.29) is 34.5 Å². The summed E-state index contributed by atoms with van der Waals surface area (Å²) in [7, 11) is 0. The summed E-state index contributed by atoms with van der Waals surface area (Å²) >= 11 is 0. The first-order valence-electron chi connectivity index (χ1n) is 7.55. The second-order valence-electron chi connectivity index (χ2n) is 5.22. The topological polar surface area (TPSA) is 71.2 Å². The maximum atomic E-state index is 14.4. The Hall–Kier alpha value is -3.22. The van der Waals surface area contributed by atoms with Crippen LogP contribution in [0.3, 0.4) is 0 Å². The molecule has 0 aliphatic carbocycles. The number of H-pyrrole nitrogens is 1. The second kappa shape index (κ2) is 6.72. The van der Waals surface area contributed by atoms with Gasteiger partial charge >= 0.3 is 6.09 Å². The molecule has 0 bridgehead atoms. The van der Waals surface area contributed by atoms with Gasteiger partial charge in [0.25, 0.3) is 0 Å². The summed E-state index contributed by atoms with van der Waals surface area (Å²) in [5, 5.41) is 2.32. The van der Waals surface area contributed by atoms with Crippen molar-refractivity contribution in [2.45, 2.75) is 6.92 Å². The average Bonchev–Trinajstić information content (AvgIpc) is 2.54. The standard InChI is InChI=1S/C18H14F2N2O3/c1-2-25-18(24)22-12-7-3-5-10(19)16(12)14-9-15(23)17-11(20)6-4-8-13(17)21-14/h3-9H,2H2,1H3,(H,21,23)(H,22,24). The number of aromatic amines is 1. The minimum Gasteiger partial charge on any atom is -0.450 e. The zero-order valence-corrected chi connectivity index (χ0v) is 13.2. The number of pyridine rings is 1. The van der Waals surface area contributed by atoms with Crippen LogP contribution in [-0.2, 0) is 4.74 Å². The van der Waals surface area contributed by atoms with Crippen molar-refractivity contribution in [3.8, 4) is 11.3 Å². The number of rotatable bonds is 3. The van der Waals surface area contributed by atoms with E-state index >= 15 is 0 Å². The number of hydrogen-bond donors (Lipinski definition) is 2. The summed E-state index contributed by atoms with van der Waals surface area (Å²) in [6, 6.07) is 9.32. The van der Waals surface area contributed by atoms with Crippen molar-refractivity contribution in [3.63, 3.8) is 0 Å². The van der Waals surface area contributed by atoms with Crippen LogP contribution in [0.15, 0.2) is 47.3 Å². The molecule has 1 aromatic heterocycles. The van der Waals surface area contributed by atoms with E-state index in [1.807, 2.05) is 0 Å². The Morgan fingerprint density at radius 3 is 2.64 bits per heavy atom. The largest absolute Gasteiger partial charge is 0.450 e. The number of hydrogen-bond acceptors (Lipinski definition) is 3. The van der Waals surface area contributed by atoms with Gasteiger partial charge in [-0.25, -0.2) is 13.6 Å². The summed E-state index contributed by atoms with van der Waals surface area (Å²) in [4.78, 5) is 26.7. The molecule has 0 aliphatic rings. The SMILES string of the molecule is CCOC(=O)Nc1cccc(F)c1-c1cc(=O)c2c(F)cccc2[nH]1. The van der Waals surface area contributed by atoms with Crippen molar-refractivity contribution in [1.82, 2.24) is 4.98 Å². The van der Waals surface area contributed by atoms with E-state index in [1.54, 1.807) is 6.92 Å². The number of amides is 1. The molecule has 0 unspecified atom stereocenters. The van der Waals surface area contributed by atoms with Crippen LogP contribution in [-0.4, -0.2) is 17.7 Å². The average molecular weight is 344 g/mol. The summed E-state index contributed by atoms with van der Waals surface area (Å²) in [5.74, 6) is -1.32. The van der Waals surface area contributed by atoms with Crippen LogP contribution in [0.1, 0.15) is 6.92 Å². The first-order valence-corrected chi connectivity index (χ1v) is 7.55. The van der Waals surface area contributed by atoms with Gasteiger partial charge in [-0.3, -0.25) is 10.1 Å². The number of fused-ring (bicyclic) bond motifs is 1. The van der Waals surface area contributed by atoms with Gasteiger partial charge in [0, 0.05) is 6.07 Å². The van der Waals surface area contributed by atoms with Crippen LogP contribution < -0.4 is 10.7 Å². The molecule has 3 aromatic rings. The van der Waals surface area contributed by atoms with E-state index in [0.717, 1.165) is 6.07 Å². The van der Waals surface area contributed by atoms with Crippen LogP contribution in [0.25, 0.3) is 22.2 Å². The smallest absolute Gasteiger partial charge is 0.411 e. The molecule has 0 radical (unpaired) electrons. The molecule has 2 N–H and O–H groups in total. The monoisotopic (exact) mass is 344 g/mol. The van der Waals surface area contributed by atoms with Crippen molar-refractivity contribution < 1.29 is 18.3 Å². The maximum Gasteiger partial charge on any atom is 0.411 e. The van der Waals surface area contributed by atoms with E-state index in [2.05, 4.69) is 10.3 Å². The number of carbonyl (C=O) groups excluding carboxylic acids is 1. The van der Waals surface area contributed by atoms with Crippen molar-refractivity contribution in [3.05, 3.63) is 64.3 Å². The quantitative estimate of drug-likeness (QED) is 0.753. The number of nitrogens with one attached hydrogen (secondary N) is 2. The van der Waals surface area contributed by atoms with Crippen LogP contribution in [0, 0.1) is 11.6 Å². The zero-order chi connectivity index (χ0) is 18.0. The fraction of sp³-hybridized carbons (Fsp3) is 0.111. The Morgan fingerprint density at radius 2 is 1.88 bits per heavy atom. The highest BCUT2D eigenvalue weighted by atomic mass is 19.1. The van der Waals surface area contributed by atoms with Crippen molar-refractivity contribution in [2.24, 2.45) is 0 Å². The van der Waals surface area contributed by atoms with Gasteiger partial charge in [0.05, 0.1) is 34.5 Å². The third-order valence-corrected chi connectivity index (χ3v) is 3.60. The lowest BCUT2D eigenvalue weighted by molar-refractivity contribution is 0.168. The molecule has 128 valence electrons. The summed E-state index contributed by atoms with van der Waals surface area (Å²) in [6.45, 7) is 1.80. The third kappa shape index (κ3) is 3.21. The second-order valence-corrected chi connectivity index (χ2v) is 5.22. The fourth-order valence-corrected chi connectivity index (χ4v) is 2.58. The van der Waals surface area contributed by atoms with E-state index in [4.69, 9.17) is 4.74 Å². The van der Waals surface area contributed by atoms with Gasteiger partial charge in [-0.2, -0.15) is 0 Å². The Labute approximate surface area is 141 Å². The molecule has 1 amide bonds. The molecular weight excluding hydrogens is 330 g/mol. The molecule has 5 nitrogen and oxygen atoms in total. The fourth-order valence-electron chi connectivity index (χ4n) is 2.58. The summed E-state index contributed by atoms with van der Waals surface area (Å²) in [5.41, 5.74) is -0.128. The summed E-state index contributed by atoms with van der Waals surface area (Å²) in [6.07, 6.45) is -0.747. The molecule has 3 rings (SSSR count). The minimum absolute atomic E-state index is 0.0150. The Kier molecular flexibility index (Phi) is 4.47. The van der Waals surface area contributed by atoms with Gasteiger partial charge in [-0.15, -0.1) is 0 Å². The molecule has 25 heavy (non-hydrogen) atoms. The molecule has 1 heterocycles. The van der Waals surface area contributed by atoms with Crippen LogP contribution in [0.4, 0.5) is 19.3 Å². The Balaban J connectivity index is 2.18. The molecule has 0 spiro atoms. The number of aromatic nitrogens is 1. The molecular formula is C18H14F2N2O3. The first kappa shape index (κ1) is 16.6. The number of benzene rings is 2. The molecule has 0 saturated heterocycles. The highest BCUT2D eigenvalue weighted by Crippen LogP contribution is 2.30. The number of ether oxygens (including phenoxy) is 1. The number of carbonyl (C=O) groups is 1. The van der Waals surface area contributed by atoms with Gasteiger partial charge in [-0.1, -0.05) is 12.1 Å². The molecule has 0 atom stereocenters. The van der Waals surface area contributed by atoms with Crippen molar-refractivity contribution >= 4 is 22.7 Å². The number of anilines is 1. The molecule has 0 fully saturated rings. The van der Waals surface area contributed by atoms with E-state index < -0.39 is 23.2 Å².